The third kappa shape index (κ3) is 9.17. The van der Waals surface area contributed by atoms with Crippen molar-refractivity contribution in [1.82, 2.24) is 0 Å². The predicted octanol–water partition coefficient (Wildman–Crippen LogP) is 6.48. The fourth-order valence-corrected chi connectivity index (χ4v) is 3.82. The number of carbonyl (C=O) groups is 1. The lowest BCUT2D eigenvalue weighted by molar-refractivity contribution is -0.104. The summed E-state index contributed by atoms with van der Waals surface area (Å²) in [6, 6.07) is 0. The van der Waals surface area contributed by atoms with E-state index in [0.717, 1.165) is 12.7 Å². The third-order valence-electron chi connectivity index (χ3n) is 4.98. The van der Waals surface area contributed by atoms with Crippen LogP contribution in [0.2, 0.25) is 18.1 Å². The van der Waals surface area contributed by atoms with E-state index in [0.29, 0.717) is 5.92 Å². The number of rotatable bonds is 10. The monoisotopic (exact) mass is 362 g/mol. The van der Waals surface area contributed by atoms with Crippen LogP contribution in [0, 0.1) is 11.8 Å². The largest absolute Gasteiger partial charge is 0.413 e. The molecule has 0 saturated heterocycles. The molecular formula is C22H38O2Si. The summed E-state index contributed by atoms with van der Waals surface area (Å²) < 4.78 is 6.78. The highest BCUT2D eigenvalue weighted by Gasteiger charge is 2.40. The summed E-state index contributed by atoms with van der Waals surface area (Å²) in [5.41, 5.74) is 0. The van der Waals surface area contributed by atoms with Crippen LogP contribution in [0.5, 0.6) is 0 Å². The molecule has 0 bridgehead atoms. The van der Waals surface area contributed by atoms with Crippen molar-refractivity contribution in [1.29, 1.82) is 0 Å². The van der Waals surface area contributed by atoms with Crippen molar-refractivity contribution in [2.24, 2.45) is 11.8 Å². The maximum atomic E-state index is 10.4. The summed E-state index contributed by atoms with van der Waals surface area (Å²) in [6.07, 6.45) is 17.8. The van der Waals surface area contributed by atoms with Gasteiger partial charge in [0.15, 0.2) is 8.32 Å². The number of carbonyl (C=O) groups excluding carboxylic acids is 1. The summed E-state index contributed by atoms with van der Waals surface area (Å²) in [5, 5.41) is 0.187. The van der Waals surface area contributed by atoms with Crippen molar-refractivity contribution in [3.05, 3.63) is 48.6 Å². The van der Waals surface area contributed by atoms with E-state index in [4.69, 9.17) is 4.43 Å². The Morgan fingerprint density at radius 1 is 1.00 bits per heavy atom. The van der Waals surface area contributed by atoms with E-state index in [-0.39, 0.29) is 17.1 Å². The summed E-state index contributed by atoms with van der Waals surface area (Å²) in [6.45, 7) is 18.0. The molecule has 0 aliphatic rings. The maximum Gasteiger partial charge on any atom is 0.192 e. The SMILES string of the molecule is C/C=C/C=C/CC(C)C(O[Si](C)(C)C(C)(C)C)C(C)/C=C/C=C/C=O. The van der Waals surface area contributed by atoms with E-state index in [1.54, 1.807) is 6.08 Å². The number of hydrogen-bond acceptors (Lipinski definition) is 2. The molecule has 2 nitrogen and oxygen atoms in total. The Balaban J connectivity index is 5.31. The molecule has 3 unspecified atom stereocenters. The molecule has 0 aliphatic heterocycles. The molecule has 0 spiro atoms. The van der Waals surface area contributed by atoms with Gasteiger partial charge in [-0.1, -0.05) is 77.2 Å². The Morgan fingerprint density at radius 3 is 2.16 bits per heavy atom. The molecule has 0 saturated carbocycles. The van der Waals surface area contributed by atoms with Gasteiger partial charge in [0, 0.05) is 0 Å². The van der Waals surface area contributed by atoms with Crippen molar-refractivity contribution in [3.8, 4) is 0 Å². The second-order valence-corrected chi connectivity index (χ2v) is 13.0. The summed E-state index contributed by atoms with van der Waals surface area (Å²) in [4.78, 5) is 10.4. The first-order valence-corrected chi connectivity index (χ1v) is 12.2. The van der Waals surface area contributed by atoms with Gasteiger partial charge in [0.25, 0.3) is 0 Å². The van der Waals surface area contributed by atoms with Crippen LogP contribution in [0.1, 0.15) is 48.0 Å². The molecule has 142 valence electrons. The number of aldehydes is 1. The van der Waals surface area contributed by atoms with Crippen LogP contribution >= 0.6 is 0 Å². The van der Waals surface area contributed by atoms with Crippen molar-refractivity contribution >= 4 is 14.6 Å². The van der Waals surface area contributed by atoms with Crippen molar-refractivity contribution in [2.45, 2.75) is 72.2 Å². The minimum Gasteiger partial charge on any atom is -0.413 e. The first kappa shape index (κ1) is 23.8. The van der Waals surface area contributed by atoms with Crippen molar-refractivity contribution in [2.75, 3.05) is 0 Å². The Bertz CT molecular complexity index is 493. The lowest BCUT2D eigenvalue weighted by atomic mass is 9.90. The van der Waals surface area contributed by atoms with Gasteiger partial charge in [-0.25, -0.2) is 0 Å². The van der Waals surface area contributed by atoms with Gasteiger partial charge in [0.1, 0.15) is 6.29 Å². The molecule has 0 aromatic heterocycles. The van der Waals surface area contributed by atoms with Gasteiger partial charge in [0.2, 0.25) is 0 Å². The second kappa shape index (κ2) is 11.4. The smallest absolute Gasteiger partial charge is 0.192 e. The normalized spacial score (nSPS) is 17.8. The fraction of sp³-hybridized carbons (Fsp3) is 0.591. The van der Waals surface area contributed by atoms with Crippen LogP contribution in [-0.2, 0) is 9.22 Å². The van der Waals surface area contributed by atoms with E-state index >= 15 is 0 Å². The Morgan fingerprint density at radius 2 is 1.64 bits per heavy atom. The summed E-state index contributed by atoms with van der Waals surface area (Å²) in [7, 11) is -1.85. The van der Waals surface area contributed by atoms with Crippen LogP contribution < -0.4 is 0 Å². The van der Waals surface area contributed by atoms with Crippen LogP contribution in [-0.4, -0.2) is 20.7 Å². The van der Waals surface area contributed by atoms with Crippen LogP contribution in [0.3, 0.4) is 0 Å². The van der Waals surface area contributed by atoms with Crippen molar-refractivity contribution in [3.63, 3.8) is 0 Å². The van der Waals surface area contributed by atoms with Crippen molar-refractivity contribution < 1.29 is 9.22 Å². The maximum absolute atomic E-state index is 10.4. The van der Waals surface area contributed by atoms with Gasteiger partial charge in [-0.3, -0.25) is 4.79 Å². The summed E-state index contributed by atoms with van der Waals surface area (Å²) >= 11 is 0. The lowest BCUT2D eigenvalue weighted by Crippen LogP contribution is -2.47. The van der Waals surface area contributed by atoms with Gasteiger partial charge < -0.3 is 4.43 Å². The quantitative estimate of drug-likeness (QED) is 0.192. The Hall–Kier alpha value is -1.19. The molecule has 25 heavy (non-hydrogen) atoms. The molecule has 0 radical (unpaired) electrons. The zero-order valence-electron chi connectivity index (χ0n) is 17.5. The topological polar surface area (TPSA) is 26.3 Å². The molecule has 0 aliphatic carbocycles. The van der Waals surface area contributed by atoms with Crippen LogP contribution in [0.15, 0.2) is 48.6 Å². The first-order valence-electron chi connectivity index (χ1n) is 9.31. The molecule has 0 amide bonds. The minimum atomic E-state index is -1.85. The Labute approximate surface area is 156 Å². The molecule has 0 fully saturated rings. The van der Waals surface area contributed by atoms with E-state index in [1.807, 2.05) is 19.1 Å². The van der Waals surface area contributed by atoms with Crippen LogP contribution in [0.4, 0.5) is 0 Å². The zero-order chi connectivity index (χ0) is 19.5. The van der Waals surface area contributed by atoms with Gasteiger partial charge >= 0.3 is 0 Å². The highest BCUT2D eigenvalue weighted by Crippen LogP contribution is 2.39. The minimum absolute atomic E-state index is 0.164. The third-order valence-corrected chi connectivity index (χ3v) is 9.45. The highest BCUT2D eigenvalue weighted by molar-refractivity contribution is 6.74. The Kier molecular flexibility index (Phi) is 10.9. The van der Waals surface area contributed by atoms with Crippen LogP contribution in [0.25, 0.3) is 0 Å². The number of allylic oxidation sites excluding steroid dienone is 7. The fourth-order valence-electron chi connectivity index (χ4n) is 2.33. The molecule has 0 aromatic rings. The first-order chi connectivity index (χ1) is 11.6. The molecule has 0 rings (SSSR count). The molecule has 0 aromatic carbocycles. The zero-order valence-corrected chi connectivity index (χ0v) is 18.5. The lowest BCUT2D eigenvalue weighted by Gasteiger charge is -2.42. The molecule has 3 heteroatoms. The number of hydrogen-bond donors (Lipinski definition) is 0. The van der Waals surface area contributed by atoms with E-state index < -0.39 is 8.32 Å². The van der Waals surface area contributed by atoms with Gasteiger partial charge in [-0.15, -0.1) is 0 Å². The van der Waals surface area contributed by atoms with E-state index in [2.05, 4.69) is 72.0 Å². The average Bonchev–Trinajstić information content (AvgIpc) is 2.52. The molecular weight excluding hydrogens is 324 g/mol. The van der Waals surface area contributed by atoms with E-state index in [1.165, 1.54) is 6.08 Å². The summed E-state index contributed by atoms with van der Waals surface area (Å²) in [5.74, 6) is 0.709. The standard InChI is InChI=1S/C22H38O2Si/c1-9-10-11-13-16-19(2)21(20(3)17-14-12-15-18-23)24-25(7,8)22(4,5)6/h9-15,17-21H,16H2,1-8H3/b10-9+,13-11+,15-12+,17-14+. The van der Waals surface area contributed by atoms with Gasteiger partial charge in [0.05, 0.1) is 6.10 Å². The van der Waals surface area contributed by atoms with Gasteiger partial charge in [-0.05, 0) is 49.4 Å². The molecule has 0 heterocycles. The second-order valence-electron chi connectivity index (χ2n) is 8.27. The highest BCUT2D eigenvalue weighted by atomic mass is 28.4. The molecule has 0 N–H and O–H groups in total. The average molecular weight is 363 g/mol. The molecule has 3 atom stereocenters. The van der Waals surface area contributed by atoms with E-state index in [9.17, 15) is 4.79 Å². The van der Waals surface area contributed by atoms with Gasteiger partial charge in [-0.2, -0.15) is 0 Å². The predicted molar refractivity (Wildman–Crippen MR) is 113 cm³/mol.